The number of ether oxygens (including phenoxy) is 2. The molecule has 0 bridgehead atoms. The van der Waals surface area contributed by atoms with Crippen molar-refractivity contribution in [2.45, 2.75) is 26.0 Å². The molecule has 1 N–H and O–H groups in total. The predicted molar refractivity (Wildman–Crippen MR) is 70.6 cm³/mol. The standard InChI is InChI=1S/C14H19NO4/c1-10-8-15(6-5-14(16)17)9-11-3-4-12(18-2)7-13(11)19-10/h3-4,7,10H,5-6,8-9H2,1-2H3,(H,16,17). The molecular weight excluding hydrogens is 246 g/mol. The minimum Gasteiger partial charge on any atom is -0.497 e. The smallest absolute Gasteiger partial charge is 0.304 e. The molecule has 1 aliphatic heterocycles. The lowest BCUT2D eigenvalue weighted by atomic mass is 10.2. The Balaban J connectivity index is 2.14. The Morgan fingerprint density at radius 3 is 3.05 bits per heavy atom. The molecule has 1 heterocycles. The van der Waals surface area contributed by atoms with Gasteiger partial charge in [-0.2, -0.15) is 0 Å². The van der Waals surface area contributed by atoms with Gasteiger partial charge in [-0.05, 0) is 13.0 Å². The average Bonchev–Trinajstić information content (AvgIpc) is 2.52. The minimum absolute atomic E-state index is 0.0298. The van der Waals surface area contributed by atoms with E-state index in [4.69, 9.17) is 14.6 Å². The van der Waals surface area contributed by atoms with E-state index in [1.54, 1.807) is 7.11 Å². The van der Waals surface area contributed by atoms with Crippen molar-refractivity contribution in [1.29, 1.82) is 0 Å². The summed E-state index contributed by atoms with van der Waals surface area (Å²) in [6.07, 6.45) is 0.181. The molecule has 19 heavy (non-hydrogen) atoms. The molecule has 2 rings (SSSR count). The zero-order chi connectivity index (χ0) is 13.8. The van der Waals surface area contributed by atoms with Gasteiger partial charge < -0.3 is 14.6 Å². The van der Waals surface area contributed by atoms with E-state index in [0.717, 1.165) is 23.6 Å². The number of aliphatic carboxylic acids is 1. The second-order valence-corrected chi connectivity index (χ2v) is 4.78. The van der Waals surface area contributed by atoms with Crippen molar-refractivity contribution < 1.29 is 19.4 Å². The second-order valence-electron chi connectivity index (χ2n) is 4.78. The van der Waals surface area contributed by atoms with Gasteiger partial charge in [-0.25, -0.2) is 0 Å². The van der Waals surface area contributed by atoms with Gasteiger partial charge in [0.2, 0.25) is 0 Å². The lowest BCUT2D eigenvalue weighted by molar-refractivity contribution is -0.137. The van der Waals surface area contributed by atoms with Gasteiger partial charge >= 0.3 is 5.97 Å². The summed E-state index contributed by atoms with van der Waals surface area (Å²) >= 11 is 0. The van der Waals surface area contributed by atoms with Crippen molar-refractivity contribution in [2.24, 2.45) is 0 Å². The maximum atomic E-state index is 10.7. The molecule has 1 aliphatic rings. The largest absolute Gasteiger partial charge is 0.497 e. The molecule has 0 fully saturated rings. The average molecular weight is 265 g/mol. The van der Waals surface area contributed by atoms with Crippen LogP contribution in [0, 0.1) is 0 Å². The van der Waals surface area contributed by atoms with Gasteiger partial charge in [0, 0.05) is 31.3 Å². The molecule has 1 aromatic rings. The van der Waals surface area contributed by atoms with Crippen LogP contribution in [0.1, 0.15) is 18.9 Å². The predicted octanol–water partition coefficient (Wildman–Crippen LogP) is 1.75. The molecule has 0 saturated carbocycles. The lowest BCUT2D eigenvalue weighted by Gasteiger charge is -2.20. The molecular formula is C14H19NO4. The molecule has 0 aromatic heterocycles. The Morgan fingerprint density at radius 2 is 2.37 bits per heavy atom. The Bertz CT molecular complexity index is 461. The molecule has 1 aromatic carbocycles. The van der Waals surface area contributed by atoms with Crippen LogP contribution in [0.2, 0.25) is 0 Å². The van der Waals surface area contributed by atoms with Crippen LogP contribution in [0.4, 0.5) is 0 Å². The zero-order valence-corrected chi connectivity index (χ0v) is 11.3. The molecule has 0 spiro atoms. The number of hydrogen-bond acceptors (Lipinski definition) is 4. The van der Waals surface area contributed by atoms with Crippen molar-refractivity contribution in [3.05, 3.63) is 23.8 Å². The third-order valence-electron chi connectivity index (χ3n) is 3.15. The van der Waals surface area contributed by atoms with E-state index in [2.05, 4.69) is 4.90 Å². The van der Waals surface area contributed by atoms with Gasteiger partial charge in [-0.15, -0.1) is 0 Å². The first-order valence-corrected chi connectivity index (χ1v) is 6.36. The first kappa shape index (κ1) is 13.7. The number of nitrogens with zero attached hydrogens (tertiary/aromatic N) is 1. The van der Waals surface area contributed by atoms with Gasteiger partial charge in [0.15, 0.2) is 0 Å². The molecule has 104 valence electrons. The second kappa shape index (κ2) is 5.93. The van der Waals surface area contributed by atoms with E-state index in [-0.39, 0.29) is 12.5 Å². The number of carboxylic acids is 1. The first-order chi connectivity index (χ1) is 9.08. The van der Waals surface area contributed by atoms with E-state index >= 15 is 0 Å². The van der Waals surface area contributed by atoms with E-state index in [1.807, 2.05) is 25.1 Å². The molecule has 0 radical (unpaired) electrons. The summed E-state index contributed by atoms with van der Waals surface area (Å²) in [4.78, 5) is 12.8. The van der Waals surface area contributed by atoms with Crippen molar-refractivity contribution in [1.82, 2.24) is 4.90 Å². The van der Waals surface area contributed by atoms with Crippen molar-refractivity contribution >= 4 is 5.97 Å². The quantitative estimate of drug-likeness (QED) is 0.898. The first-order valence-electron chi connectivity index (χ1n) is 6.36. The molecule has 5 heteroatoms. The molecule has 0 amide bonds. The highest BCUT2D eigenvalue weighted by atomic mass is 16.5. The number of fused-ring (bicyclic) bond motifs is 1. The van der Waals surface area contributed by atoms with Gasteiger partial charge in [-0.3, -0.25) is 9.69 Å². The SMILES string of the molecule is COc1ccc2c(c1)OC(C)CN(CCC(=O)O)C2. The van der Waals surface area contributed by atoms with Gasteiger partial charge in [0.25, 0.3) is 0 Å². The Morgan fingerprint density at radius 1 is 1.58 bits per heavy atom. The number of carboxylic acid groups (broad SMARTS) is 1. The lowest BCUT2D eigenvalue weighted by Crippen LogP contribution is -2.32. The third-order valence-corrected chi connectivity index (χ3v) is 3.15. The summed E-state index contributed by atoms with van der Waals surface area (Å²) < 4.78 is 11.1. The fourth-order valence-corrected chi connectivity index (χ4v) is 2.25. The fourth-order valence-electron chi connectivity index (χ4n) is 2.25. The van der Waals surface area contributed by atoms with Crippen LogP contribution in [0.25, 0.3) is 0 Å². The highest BCUT2D eigenvalue weighted by molar-refractivity contribution is 5.66. The fraction of sp³-hybridized carbons (Fsp3) is 0.500. The summed E-state index contributed by atoms with van der Waals surface area (Å²) in [7, 11) is 1.63. The number of benzene rings is 1. The van der Waals surface area contributed by atoms with Crippen LogP contribution in [0.5, 0.6) is 11.5 Å². The third kappa shape index (κ3) is 3.61. The molecule has 0 saturated heterocycles. The van der Waals surface area contributed by atoms with Gasteiger partial charge in [-0.1, -0.05) is 6.07 Å². The number of carbonyl (C=O) groups is 1. The van der Waals surface area contributed by atoms with E-state index in [9.17, 15) is 4.79 Å². The number of hydrogen-bond donors (Lipinski definition) is 1. The monoisotopic (exact) mass is 265 g/mol. The molecule has 1 unspecified atom stereocenters. The summed E-state index contributed by atoms with van der Waals surface area (Å²) in [6, 6.07) is 5.75. The zero-order valence-electron chi connectivity index (χ0n) is 11.3. The summed E-state index contributed by atoms with van der Waals surface area (Å²) in [5.74, 6) is 0.822. The topological polar surface area (TPSA) is 59.0 Å². The van der Waals surface area contributed by atoms with Crippen molar-refractivity contribution in [2.75, 3.05) is 20.2 Å². The van der Waals surface area contributed by atoms with E-state index < -0.39 is 5.97 Å². The van der Waals surface area contributed by atoms with Crippen LogP contribution in [-0.4, -0.2) is 42.3 Å². The summed E-state index contributed by atoms with van der Waals surface area (Å²) in [5.41, 5.74) is 1.07. The molecule has 5 nitrogen and oxygen atoms in total. The molecule has 1 atom stereocenters. The van der Waals surface area contributed by atoms with E-state index in [0.29, 0.717) is 13.1 Å². The highest BCUT2D eigenvalue weighted by Gasteiger charge is 2.20. The normalized spacial score (nSPS) is 19.2. The Hall–Kier alpha value is -1.75. The van der Waals surface area contributed by atoms with Crippen molar-refractivity contribution in [3.8, 4) is 11.5 Å². The Labute approximate surface area is 112 Å². The number of methoxy groups -OCH3 is 1. The Kier molecular flexibility index (Phi) is 4.27. The minimum atomic E-state index is -0.771. The van der Waals surface area contributed by atoms with Crippen LogP contribution >= 0.6 is 0 Å². The van der Waals surface area contributed by atoms with Gasteiger partial charge in [0.1, 0.15) is 17.6 Å². The van der Waals surface area contributed by atoms with Crippen molar-refractivity contribution in [3.63, 3.8) is 0 Å². The van der Waals surface area contributed by atoms with Gasteiger partial charge in [0.05, 0.1) is 13.5 Å². The highest BCUT2D eigenvalue weighted by Crippen LogP contribution is 2.29. The van der Waals surface area contributed by atoms with Crippen LogP contribution in [0.15, 0.2) is 18.2 Å². The summed E-state index contributed by atoms with van der Waals surface area (Å²) in [6.45, 7) is 3.96. The number of rotatable bonds is 4. The van der Waals surface area contributed by atoms with Crippen LogP contribution < -0.4 is 9.47 Å². The van der Waals surface area contributed by atoms with E-state index in [1.165, 1.54) is 0 Å². The molecule has 0 aliphatic carbocycles. The maximum Gasteiger partial charge on any atom is 0.304 e. The summed E-state index contributed by atoms with van der Waals surface area (Å²) in [5, 5.41) is 8.77. The maximum absolute atomic E-state index is 10.7. The van der Waals surface area contributed by atoms with Crippen LogP contribution in [-0.2, 0) is 11.3 Å². The van der Waals surface area contributed by atoms with Crippen LogP contribution in [0.3, 0.4) is 0 Å².